The second-order valence-electron chi connectivity index (χ2n) is 11.2. The highest BCUT2D eigenvalue weighted by atomic mass is 32.1. The van der Waals surface area contributed by atoms with E-state index in [4.69, 9.17) is 4.74 Å². The molecular weight excluding hydrogens is 462 g/mol. The quantitative estimate of drug-likeness (QED) is 0.537. The maximum absolute atomic E-state index is 13.9. The molecule has 8 heteroatoms. The van der Waals surface area contributed by atoms with E-state index in [1.54, 1.807) is 16.2 Å². The Balaban J connectivity index is 1.43. The number of carbonyl (C=O) groups is 3. The summed E-state index contributed by atoms with van der Waals surface area (Å²) in [6.07, 6.45) is 9.96. The summed E-state index contributed by atoms with van der Waals surface area (Å²) in [7, 11) is 0. The largest absolute Gasteiger partial charge is 0.356 e. The molecule has 3 fully saturated rings. The summed E-state index contributed by atoms with van der Waals surface area (Å²) in [6.45, 7) is 6.99. The summed E-state index contributed by atoms with van der Waals surface area (Å²) < 4.78 is 6.58. The zero-order valence-corrected chi connectivity index (χ0v) is 21.7. The second-order valence-corrected chi connectivity index (χ2v) is 12.2. The lowest BCUT2D eigenvalue weighted by molar-refractivity contribution is -0.145. The summed E-state index contributed by atoms with van der Waals surface area (Å²) in [6, 6.07) is 3.31. The molecule has 3 aliphatic heterocycles. The number of hydrogen-bond donors (Lipinski definition) is 2. The van der Waals surface area contributed by atoms with Crippen molar-refractivity contribution in [1.29, 1.82) is 0 Å². The number of ether oxygens (including phenoxy) is 1. The van der Waals surface area contributed by atoms with Gasteiger partial charge in [0.05, 0.1) is 24.0 Å². The zero-order valence-electron chi connectivity index (χ0n) is 20.9. The van der Waals surface area contributed by atoms with Crippen LogP contribution in [0.4, 0.5) is 0 Å². The summed E-state index contributed by atoms with van der Waals surface area (Å²) >= 11 is 1.58. The molecule has 5 rings (SSSR count). The van der Waals surface area contributed by atoms with Gasteiger partial charge < -0.3 is 20.3 Å². The molecule has 1 aromatic heterocycles. The molecule has 2 saturated heterocycles. The Morgan fingerprint density at radius 1 is 1.20 bits per heavy atom. The van der Waals surface area contributed by atoms with Crippen LogP contribution in [0.15, 0.2) is 29.7 Å². The molecule has 1 aliphatic carbocycles. The van der Waals surface area contributed by atoms with E-state index < -0.39 is 29.1 Å². The maximum atomic E-state index is 13.9. The molecule has 190 valence electrons. The van der Waals surface area contributed by atoms with Crippen molar-refractivity contribution in [3.05, 3.63) is 34.5 Å². The van der Waals surface area contributed by atoms with Crippen molar-refractivity contribution >= 4 is 29.1 Å². The normalized spacial score (nSPS) is 34.0. The average Bonchev–Trinajstić information content (AvgIpc) is 3.56. The van der Waals surface area contributed by atoms with Gasteiger partial charge in [0.25, 0.3) is 0 Å². The minimum Gasteiger partial charge on any atom is -0.356 e. The molecule has 4 aliphatic rings. The number of fused-ring (bicyclic) bond motifs is 1. The number of thiophene rings is 1. The van der Waals surface area contributed by atoms with E-state index in [1.165, 1.54) is 6.42 Å². The van der Waals surface area contributed by atoms with Gasteiger partial charge in [-0.3, -0.25) is 14.4 Å². The van der Waals surface area contributed by atoms with E-state index in [2.05, 4.69) is 24.5 Å². The molecule has 5 atom stereocenters. The highest BCUT2D eigenvalue weighted by Crippen LogP contribution is 2.59. The number of likely N-dealkylation sites (tertiary alicyclic amines) is 1. The predicted molar refractivity (Wildman–Crippen MR) is 134 cm³/mol. The number of nitrogens with one attached hydrogen (secondary N) is 2. The van der Waals surface area contributed by atoms with Crippen molar-refractivity contribution < 1.29 is 19.1 Å². The van der Waals surface area contributed by atoms with E-state index in [0.717, 1.165) is 37.0 Å². The van der Waals surface area contributed by atoms with E-state index >= 15 is 0 Å². The summed E-state index contributed by atoms with van der Waals surface area (Å²) in [4.78, 5) is 44.0. The van der Waals surface area contributed by atoms with Gasteiger partial charge in [-0.15, -0.1) is 11.3 Å². The van der Waals surface area contributed by atoms with Crippen LogP contribution < -0.4 is 10.6 Å². The smallest absolute Gasteiger partial charge is 0.246 e. The van der Waals surface area contributed by atoms with Crippen molar-refractivity contribution in [2.45, 2.75) is 89.1 Å². The lowest BCUT2D eigenvalue weighted by Crippen LogP contribution is -2.56. The van der Waals surface area contributed by atoms with Gasteiger partial charge in [0.1, 0.15) is 11.6 Å². The fraction of sp³-hybridized carbons (Fsp3) is 0.667. The molecule has 0 unspecified atom stereocenters. The lowest BCUT2D eigenvalue weighted by atomic mass is 9.70. The first-order valence-corrected chi connectivity index (χ1v) is 13.9. The van der Waals surface area contributed by atoms with Crippen LogP contribution in [0.2, 0.25) is 0 Å². The maximum Gasteiger partial charge on any atom is 0.246 e. The molecule has 4 heterocycles. The SMILES string of the molecule is CC(C)CCN1C(=O)[C@@H]2[C@H](C(=O)NCc3cccs3)[C@@]3(C)C=C[C@@]2(O3)[C@H]1C(=O)NC1CCCCC1. The third-order valence-electron chi connectivity index (χ3n) is 8.24. The van der Waals surface area contributed by atoms with Crippen LogP contribution in [0.3, 0.4) is 0 Å². The zero-order chi connectivity index (χ0) is 24.8. The molecule has 2 N–H and O–H groups in total. The van der Waals surface area contributed by atoms with Crippen LogP contribution in [0, 0.1) is 17.8 Å². The van der Waals surface area contributed by atoms with Gasteiger partial charge in [-0.1, -0.05) is 51.3 Å². The molecule has 1 spiro atoms. The van der Waals surface area contributed by atoms with Crippen molar-refractivity contribution in [3.63, 3.8) is 0 Å². The van der Waals surface area contributed by atoms with E-state index in [9.17, 15) is 14.4 Å². The average molecular weight is 500 g/mol. The molecule has 1 aromatic rings. The fourth-order valence-corrected chi connectivity index (χ4v) is 7.14. The molecular formula is C27H37N3O4S. The molecule has 0 aromatic carbocycles. The highest BCUT2D eigenvalue weighted by Gasteiger charge is 2.76. The predicted octanol–water partition coefficient (Wildman–Crippen LogP) is 3.40. The Kier molecular flexibility index (Phi) is 6.55. The fourth-order valence-electron chi connectivity index (χ4n) is 6.49. The van der Waals surface area contributed by atoms with Gasteiger partial charge >= 0.3 is 0 Å². The Morgan fingerprint density at radius 2 is 1.97 bits per heavy atom. The van der Waals surface area contributed by atoms with Crippen LogP contribution >= 0.6 is 11.3 Å². The Bertz CT molecular complexity index is 1000. The van der Waals surface area contributed by atoms with E-state index in [0.29, 0.717) is 19.0 Å². The third kappa shape index (κ3) is 4.22. The summed E-state index contributed by atoms with van der Waals surface area (Å²) in [5, 5.41) is 8.25. The van der Waals surface area contributed by atoms with E-state index in [1.807, 2.05) is 36.6 Å². The Hall–Kier alpha value is -2.19. The Morgan fingerprint density at radius 3 is 2.66 bits per heavy atom. The standard InChI is InChI=1S/C27H37N3O4S/c1-17(2)11-14-30-22(24(32)29-18-8-5-4-6-9-18)27-13-12-26(3,34-27)20(21(27)25(30)33)23(31)28-16-19-10-7-15-35-19/h7,10,12-13,15,17-18,20-22H,4-6,8-9,11,14,16H2,1-3H3,(H,28,31)(H,29,32)/t20-,21+,22-,26-,27+/m1/s1. The van der Waals surface area contributed by atoms with Gasteiger partial charge in [0.15, 0.2) is 0 Å². The number of nitrogens with zero attached hydrogens (tertiary/aromatic N) is 1. The minimum atomic E-state index is -1.10. The van der Waals surface area contributed by atoms with Gasteiger partial charge in [-0.05, 0) is 43.6 Å². The van der Waals surface area contributed by atoms with Crippen LogP contribution in [0.1, 0.15) is 64.2 Å². The summed E-state index contributed by atoms with van der Waals surface area (Å²) in [5.74, 6) is -1.46. The highest BCUT2D eigenvalue weighted by molar-refractivity contribution is 7.09. The van der Waals surface area contributed by atoms with Crippen molar-refractivity contribution in [1.82, 2.24) is 15.5 Å². The first-order valence-electron chi connectivity index (χ1n) is 13.1. The van der Waals surface area contributed by atoms with Gasteiger partial charge in [0, 0.05) is 17.5 Å². The van der Waals surface area contributed by atoms with Crippen LogP contribution in [-0.4, -0.2) is 52.5 Å². The van der Waals surface area contributed by atoms with Crippen LogP contribution in [-0.2, 0) is 25.7 Å². The minimum absolute atomic E-state index is 0.136. The number of carbonyl (C=O) groups excluding carboxylic acids is 3. The molecule has 7 nitrogen and oxygen atoms in total. The van der Waals surface area contributed by atoms with Crippen molar-refractivity contribution in [3.8, 4) is 0 Å². The van der Waals surface area contributed by atoms with Gasteiger partial charge in [-0.2, -0.15) is 0 Å². The van der Waals surface area contributed by atoms with Crippen LogP contribution in [0.25, 0.3) is 0 Å². The number of hydrogen-bond acceptors (Lipinski definition) is 5. The Labute approximate surface area is 211 Å². The van der Waals surface area contributed by atoms with Crippen molar-refractivity contribution in [2.75, 3.05) is 6.54 Å². The molecule has 1 saturated carbocycles. The number of rotatable bonds is 8. The van der Waals surface area contributed by atoms with Gasteiger partial charge in [-0.25, -0.2) is 0 Å². The molecule has 35 heavy (non-hydrogen) atoms. The second kappa shape index (κ2) is 9.36. The summed E-state index contributed by atoms with van der Waals surface area (Å²) in [5.41, 5.74) is -2.01. The molecule has 2 bridgehead atoms. The van der Waals surface area contributed by atoms with Gasteiger partial charge in [0.2, 0.25) is 17.7 Å². The van der Waals surface area contributed by atoms with Crippen molar-refractivity contribution in [2.24, 2.45) is 17.8 Å². The monoisotopic (exact) mass is 499 g/mol. The first kappa shape index (κ1) is 24.5. The van der Waals surface area contributed by atoms with E-state index in [-0.39, 0.29) is 23.8 Å². The third-order valence-corrected chi connectivity index (χ3v) is 9.12. The molecule has 3 amide bonds. The first-order chi connectivity index (χ1) is 16.7. The lowest BCUT2D eigenvalue weighted by Gasteiger charge is -2.35. The topological polar surface area (TPSA) is 87.7 Å². The van der Waals surface area contributed by atoms with Crippen LogP contribution in [0.5, 0.6) is 0 Å². The molecule has 0 radical (unpaired) electrons. The number of amides is 3.